The molecule has 1 aliphatic carbocycles. The highest BCUT2D eigenvalue weighted by molar-refractivity contribution is 5.43. The van der Waals surface area contributed by atoms with Crippen LogP contribution >= 0.6 is 0 Å². The zero-order valence-electron chi connectivity index (χ0n) is 12.8. The fraction of sp³-hybridized carbons (Fsp3) is 0.588. The summed E-state index contributed by atoms with van der Waals surface area (Å²) in [4.78, 5) is 0. The van der Waals surface area contributed by atoms with Crippen molar-refractivity contribution in [1.82, 2.24) is 0 Å². The SMILES string of the molecule is COc1ccc(C(O)C2(C#N)CCCCCC2)c(OC)c1. The minimum Gasteiger partial charge on any atom is -0.497 e. The molecule has 1 atom stereocenters. The zero-order chi connectivity index (χ0) is 15.3. The first kappa shape index (κ1) is 15.7. The number of methoxy groups -OCH3 is 2. The van der Waals surface area contributed by atoms with Crippen LogP contribution in [0.25, 0.3) is 0 Å². The summed E-state index contributed by atoms with van der Waals surface area (Å²) in [6, 6.07) is 7.74. The van der Waals surface area contributed by atoms with Crippen LogP contribution in [-0.2, 0) is 0 Å². The second-order valence-electron chi connectivity index (χ2n) is 5.69. The number of nitriles is 1. The zero-order valence-corrected chi connectivity index (χ0v) is 12.8. The second-order valence-corrected chi connectivity index (χ2v) is 5.69. The van der Waals surface area contributed by atoms with Crippen molar-refractivity contribution in [2.45, 2.75) is 44.6 Å². The van der Waals surface area contributed by atoms with Crippen molar-refractivity contribution < 1.29 is 14.6 Å². The molecule has 1 aromatic rings. The molecule has 1 fully saturated rings. The van der Waals surface area contributed by atoms with Gasteiger partial charge in [0.15, 0.2) is 0 Å². The number of hydrogen-bond acceptors (Lipinski definition) is 4. The average Bonchev–Trinajstić information content (AvgIpc) is 2.80. The normalized spacial score (nSPS) is 19.1. The molecule has 4 nitrogen and oxygen atoms in total. The Morgan fingerprint density at radius 1 is 1.14 bits per heavy atom. The lowest BCUT2D eigenvalue weighted by molar-refractivity contribution is 0.0495. The summed E-state index contributed by atoms with van der Waals surface area (Å²) in [5, 5.41) is 20.5. The number of rotatable bonds is 4. The van der Waals surface area contributed by atoms with Crippen molar-refractivity contribution in [3.8, 4) is 17.6 Å². The summed E-state index contributed by atoms with van der Waals surface area (Å²) in [6.07, 6.45) is 4.89. The van der Waals surface area contributed by atoms with Crippen molar-refractivity contribution in [2.24, 2.45) is 5.41 Å². The maximum atomic E-state index is 10.9. The molecule has 1 unspecified atom stereocenters. The molecular formula is C17H23NO3. The molecule has 1 aromatic carbocycles. The predicted octanol–water partition coefficient (Wildman–Crippen LogP) is 3.60. The van der Waals surface area contributed by atoms with Gasteiger partial charge in [-0.05, 0) is 25.0 Å². The van der Waals surface area contributed by atoms with Crippen LogP contribution in [0.1, 0.15) is 50.2 Å². The molecule has 0 aromatic heterocycles. The highest BCUT2D eigenvalue weighted by Gasteiger charge is 2.40. The van der Waals surface area contributed by atoms with E-state index in [0.29, 0.717) is 17.1 Å². The molecule has 0 amide bonds. The average molecular weight is 289 g/mol. The van der Waals surface area contributed by atoms with Crippen LogP contribution in [0.3, 0.4) is 0 Å². The molecule has 0 aliphatic heterocycles. The van der Waals surface area contributed by atoms with Gasteiger partial charge < -0.3 is 14.6 Å². The smallest absolute Gasteiger partial charge is 0.128 e. The van der Waals surface area contributed by atoms with E-state index in [4.69, 9.17) is 9.47 Å². The molecule has 0 heterocycles. The van der Waals surface area contributed by atoms with Gasteiger partial charge in [-0.25, -0.2) is 0 Å². The minimum absolute atomic E-state index is 0.570. The fourth-order valence-electron chi connectivity index (χ4n) is 3.15. The van der Waals surface area contributed by atoms with Crippen LogP contribution in [0.2, 0.25) is 0 Å². The molecule has 0 saturated heterocycles. The van der Waals surface area contributed by atoms with Gasteiger partial charge in [0.1, 0.15) is 17.6 Å². The van der Waals surface area contributed by atoms with Gasteiger partial charge in [-0.2, -0.15) is 5.26 Å². The summed E-state index contributed by atoms with van der Waals surface area (Å²) in [5.74, 6) is 1.25. The van der Waals surface area contributed by atoms with Gasteiger partial charge in [-0.3, -0.25) is 0 Å². The molecule has 2 rings (SSSR count). The summed E-state index contributed by atoms with van der Waals surface area (Å²) in [6.45, 7) is 0. The van der Waals surface area contributed by atoms with Crippen LogP contribution < -0.4 is 9.47 Å². The fourth-order valence-corrected chi connectivity index (χ4v) is 3.15. The Bertz CT molecular complexity index is 513. The number of benzene rings is 1. The van der Waals surface area contributed by atoms with E-state index in [0.717, 1.165) is 38.5 Å². The van der Waals surface area contributed by atoms with E-state index < -0.39 is 11.5 Å². The number of aliphatic hydroxyl groups is 1. The Kier molecular flexibility index (Phi) is 5.08. The summed E-state index contributed by atoms with van der Waals surface area (Å²) >= 11 is 0. The highest BCUT2D eigenvalue weighted by Crippen LogP contribution is 2.47. The van der Waals surface area contributed by atoms with Gasteiger partial charge in [0.25, 0.3) is 0 Å². The first-order chi connectivity index (χ1) is 10.2. The van der Waals surface area contributed by atoms with Crippen LogP contribution in [0.15, 0.2) is 18.2 Å². The standard InChI is InChI=1S/C17H23NO3/c1-20-13-7-8-14(15(11-13)21-2)16(19)17(12-18)9-5-3-4-6-10-17/h7-8,11,16,19H,3-6,9-10H2,1-2H3. The Balaban J connectivity index is 2.37. The Morgan fingerprint density at radius 2 is 1.81 bits per heavy atom. The van der Waals surface area contributed by atoms with Gasteiger partial charge in [-0.1, -0.05) is 25.7 Å². The van der Waals surface area contributed by atoms with Crippen LogP contribution in [0.4, 0.5) is 0 Å². The lowest BCUT2D eigenvalue weighted by Gasteiger charge is -2.31. The van der Waals surface area contributed by atoms with E-state index in [1.165, 1.54) is 0 Å². The molecule has 4 heteroatoms. The minimum atomic E-state index is -0.832. The Labute approximate surface area is 126 Å². The van der Waals surface area contributed by atoms with E-state index in [1.807, 2.05) is 0 Å². The maximum absolute atomic E-state index is 10.9. The maximum Gasteiger partial charge on any atom is 0.128 e. The van der Waals surface area contributed by atoms with Gasteiger partial charge in [0.05, 0.1) is 25.7 Å². The Hall–Kier alpha value is -1.73. The summed E-state index contributed by atoms with van der Waals surface area (Å²) < 4.78 is 10.6. The largest absolute Gasteiger partial charge is 0.497 e. The summed E-state index contributed by atoms with van der Waals surface area (Å²) in [7, 11) is 3.16. The van der Waals surface area contributed by atoms with Crippen LogP contribution in [-0.4, -0.2) is 19.3 Å². The van der Waals surface area contributed by atoms with Gasteiger partial charge in [-0.15, -0.1) is 0 Å². The number of aliphatic hydroxyl groups excluding tert-OH is 1. The van der Waals surface area contributed by atoms with E-state index in [2.05, 4.69) is 6.07 Å². The van der Waals surface area contributed by atoms with E-state index in [1.54, 1.807) is 32.4 Å². The molecule has 0 spiro atoms. The molecule has 1 saturated carbocycles. The molecule has 1 aliphatic rings. The predicted molar refractivity (Wildman–Crippen MR) is 80.3 cm³/mol. The van der Waals surface area contributed by atoms with Crippen molar-refractivity contribution in [3.63, 3.8) is 0 Å². The van der Waals surface area contributed by atoms with E-state index >= 15 is 0 Å². The van der Waals surface area contributed by atoms with Crippen LogP contribution in [0.5, 0.6) is 11.5 Å². The van der Waals surface area contributed by atoms with Crippen molar-refractivity contribution >= 4 is 0 Å². The highest BCUT2D eigenvalue weighted by atomic mass is 16.5. The molecule has 114 valence electrons. The lowest BCUT2D eigenvalue weighted by Crippen LogP contribution is -2.27. The molecule has 0 radical (unpaired) electrons. The molecular weight excluding hydrogens is 266 g/mol. The van der Waals surface area contributed by atoms with Gasteiger partial charge in [0, 0.05) is 11.6 Å². The van der Waals surface area contributed by atoms with E-state index in [9.17, 15) is 10.4 Å². The molecule has 1 N–H and O–H groups in total. The van der Waals surface area contributed by atoms with Crippen LogP contribution in [0, 0.1) is 16.7 Å². The number of hydrogen-bond donors (Lipinski definition) is 1. The van der Waals surface area contributed by atoms with E-state index in [-0.39, 0.29) is 0 Å². The number of nitrogens with zero attached hydrogens (tertiary/aromatic N) is 1. The van der Waals surface area contributed by atoms with Crippen molar-refractivity contribution in [1.29, 1.82) is 5.26 Å². The van der Waals surface area contributed by atoms with Gasteiger partial charge >= 0.3 is 0 Å². The molecule has 0 bridgehead atoms. The second kappa shape index (κ2) is 6.82. The van der Waals surface area contributed by atoms with Gasteiger partial charge in [0.2, 0.25) is 0 Å². The third-order valence-corrected chi connectivity index (χ3v) is 4.48. The Morgan fingerprint density at radius 3 is 2.33 bits per heavy atom. The quantitative estimate of drug-likeness (QED) is 0.860. The monoisotopic (exact) mass is 289 g/mol. The first-order valence-electron chi connectivity index (χ1n) is 7.48. The third-order valence-electron chi connectivity index (χ3n) is 4.48. The summed E-state index contributed by atoms with van der Waals surface area (Å²) in [5.41, 5.74) is -0.0417. The van der Waals surface area contributed by atoms with Crippen molar-refractivity contribution in [3.05, 3.63) is 23.8 Å². The topological polar surface area (TPSA) is 62.5 Å². The molecule has 21 heavy (non-hydrogen) atoms. The lowest BCUT2D eigenvalue weighted by atomic mass is 9.74. The third kappa shape index (κ3) is 3.14. The number of ether oxygens (including phenoxy) is 2. The first-order valence-corrected chi connectivity index (χ1v) is 7.48. The van der Waals surface area contributed by atoms with Crippen molar-refractivity contribution in [2.75, 3.05) is 14.2 Å².